The van der Waals surface area contributed by atoms with E-state index in [0.717, 1.165) is 4.90 Å². The number of imide groups is 1. The van der Waals surface area contributed by atoms with Gasteiger partial charge in [0, 0.05) is 6.54 Å². The Bertz CT molecular complexity index is 1170. The molecule has 3 aliphatic heterocycles. The predicted octanol–water partition coefficient (Wildman–Crippen LogP) is 2.80. The largest absolute Gasteiger partial charge is 0.467 e. The second kappa shape index (κ2) is 8.72. The fourth-order valence-corrected chi connectivity index (χ4v) is 5.61. The Morgan fingerprint density at radius 2 is 2.06 bits per heavy atom. The molecule has 3 fully saturated rings. The second-order valence-corrected chi connectivity index (χ2v) is 9.91. The molecular formula is C24H28ClN5O5. The minimum absolute atomic E-state index is 0.189. The molecule has 35 heavy (non-hydrogen) atoms. The molecule has 1 aromatic carbocycles. The van der Waals surface area contributed by atoms with Gasteiger partial charge in [0.15, 0.2) is 0 Å². The van der Waals surface area contributed by atoms with E-state index in [1.807, 2.05) is 19.9 Å². The van der Waals surface area contributed by atoms with Crippen LogP contribution in [-0.4, -0.2) is 71.1 Å². The molecule has 3 saturated heterocycles. The van der Waals surface area contributed by atoms with E-state index >= 15 is 0 Å². The first-order valence-electron chi connectivity index (χ1n) is 11.5. The van der Waals surface area contributed by atoms with E-state index in [1.165, 1.54) is 24.1 Å². The van der Waals surface area contributed by atoms with Crippen molar-refractivity contribution in [1.82, 2.24) is 15.1 Å². The lowest BCUT2D eigenvalue weighted by atomic mass is 9.85. The number of carbonyl (C=O) groups excluding carboxylic acids is 4. The smallest absolute Gasteiger partial charge is 0.332 e. The molecule has 0 aliphatic carbocycles. The Kier molecular flexibility index (Phi) is 6.18. The molecule has 5 atom stereocenters. The zero-order valence-electron chi connectivity index (χ0n) is 20.3. The number of halogens is 1. The molecule has 1 N–H and O–H groups in total. The highest BCUT2D eigenvalue weighted by molar-refractivity contribution is 6.33. The number of fused-ring (bicyclic) bond motifs is 5. The summed E-state index contributed by atoms with van der Waals surface area (Å²) in [6, 6.07) is 2.41. The van der Waals surface area contributed by atoms with Crippen molar-refractivity contribution in [1.29, 1.82) is 5.26 Å². The van der Waals surface area contributed by atoms with E-state index in [2.05, 4.69) is 5.32 Å². The number of urea groups is 2. The van der Waals surface area contributed by atoms with Crippen LogP contribution in [0.2, 0.25) is 5.02 Å². The second-order valence-electron chi connectivity index (χ2n) is 9.53. The van der Waals surface area contributed by atoms with Crippen LogP contribution in [0, 0.1) is 24.2 Å². The summed E-state index contributed by atoms with van der Waals surface area (Å²) in [5.41, 5.74) is -0.202. The predicted molar refractivity (Wildman–Crippen MR) is 127 cm³/mol. The van der Waals surface area contributed by atoms with Crippen LogP contribution in [0.1, 0.15) is 44.7 Å². The van der Waals surface area contributed by atoms with Crippen LogP contribution >= 0.6 is 11.6 Å². The summed E-state index contributed by atoms with van der Waals surface area (Å²) < 4.78 is 4.95. The van der Waals surface area contributed by atoms with Gasteiger partial charge in [-0.15, -0.1) is 0 Å². The Morgan fingerprint density at radius 3 is 2.66 bits per heavy atom. The highest BCUT2D eigenvalue weighted by Gasteiger charge is 2.63. The monoisotopic (exact) mass is 501 g/mol. The maximum Gasteiger partial charge on any atom is 0.332 e. The Hall–Kier alpha value is -3.32. The SMILES string of the molecule is CC[C@H](C)[C@](C)(NC(=O)N1C[C@H]2CC1[C@H]1C(=O)N(c3ccc(C#N)c(Cl)c3C)C(=O)N21)C(=O)OC. The fourth-order valence-electron chi connectivity index (χ4n) is 5.41. The highest BCUT2D eigenvalue weighted by atomic mass is 35.5. The van der Waals surface area contributed by atoms with E-state index in [9.17, 15) is 24.4 Å². The number of methoxy groups -OCH3 is 1. The van der Waals surface area contributed by atoms with E-state index < -0.39 is 41.6 Å². The quantitative estimate of drug-likeness (QED) is 0.489. The first kappa shape index (κ1) is 24.8. The molecule has 0 spiro atoms. The number of hydrogen-bond acceptors (Lipinski definition) is 6. The number of rotatable bonds is 5. The normalized spacial score (nSPS) is 25.3. The van der Waals surface area contributed by atoms with Gasteiger partial charge in [-0.3, -0.25) is 4.79 Å². The standard InChI is InChI=1S/C24H28ClN5O5/c1-6-12(2)24(4,21(32)35-5)27-22(33)28-11-15-9-17(28)19-20(31)30(23(34)29(15)19)16-8-7-14(10-26)18(25)13(16)3/h7-8,12,15,17,19H,6,9,11H2,1-5H3,(H,27,33)/t12-,15+,17?,19-,24-/m0/s1. The molecule has 11 heteroatoms. The van der Waals surface area contributed by atoms with Crippen LogP contribution in [0.3, 0.4) is 0 Å². The van der Waals surface area contributed by atoms with Crippen molar-refractivity contribution in [2.45, 2.75) is 64.2 Å². The van der Waals surface area contributed by atoms with Crippen molar-refractivity contribution in [3.8, 4) is 6.07 Å². The minimum Gasteiger partial charge on any atom is -0.467 e. The molecule has 1 unspecified atom stereocenters. The van der Waals surface area contributed by atoms with Gasteiger partial charge in [0.2, 0.25) is 0 Å². The number of carbonyl (C=O) groups is 4. The lowest BCUT2D eigenvalue weighted by molar-refractivity contribution is -0.149. The molecule has 5 amide bonds. The molecule has 0 radical (unpaired) electrons. The third-order valence-corrected chi connectivity index (χ3v) is 8.31. The molecule has 10 nitrogen and oxygen atoms in total. The topological polar surface area (TPSA) is 123 Å². The fraction of sp³-hybridized carbons (Fsp3) is 0.542. The summed E-state index contributed by atoms with van der Waals surface area (Å²) in [7, 11) is 1.28. The molecule has 0 aromatic heterocycles. The lowest BCUT2D eigenvalue weighted by Gasteiger charge is -2.39. The van der Waals surface area contributed by atoms with Crippen LogP contribution in [0.25, 0.3) is 0 Å². The molecular weight excluding hydrogens is 474 g/mol. The average molecular weight is 502 g/mol. The van der Waals surface area contributed by atoms with Gasteiger partial charge in [-0.25, -0.2) is 19.3 Å². The number of benzene rings is 1. The molecule has 2 bridgehead atoms. The molecule has 3 aliphatic rings. The minimum atomic E-state index is -1.24. The van der Waals surface area contributed by atoms with Gasteiger partial charge < -0.3 is 19.9 Å². The highest BCUT2D eigenvalue weighted by Crippen LogP contribution is 2.43. The number of nitrogens with one attached hydrogen (secondary N) is 1. The van der Waals surface area contributed by atoms with Gasteiger partial charge in [0.1, 0.15) is 17.6 Å². The zero-order valence-corrected chi connectivity index (χ0v) is 21.0. The summed E-state index contributed by atoms with van der Waals surface area (Å²) in [5.74, 6) is -1.18. The maximum absolute atomic E-state index is 13.5. The van der Waals surface area contributed by atoms with Gasteiger partial charge in [-0.1, -0.05) is 31.9 Å². The van der Waals surface area contributed by atoms with Crippen molar-refractivity contribution >= 4 is 41.2 Å². The number of esters is 1. The van der Waals surface area contributed by atoms with Crippen molar-refractivity contribution in [3.05, 3.63) is 28.3 Å². The average Bonchev–Trinajstić information content (AvgIpc) is 3.51. The van der Waals surface area contributed by atoms with E-state index in [1.54, 1.807) is 18.7 Å². The summed E-state index contributed by atoms with van der Waals surface area (Å²) >= 11 is 6.28. The number of amides is 5. The molecule has 3 heterocycles. The third-order valence-electron chi connectivity index (χ3n) is 7.82. The zero-order chi connectivity index (χ0) is 25.8. The van der Waals surface area contributed by atoms with Crippen molar-refractivity contribution in [3.63, 3.8) is 0 Å². The number of nitrogens with zero attached hydrogens (tertiary/aromatic N) is 4. The Balaban J connectivity index is 1.60. The number of hydrogen-bond donors (Lipinski definition) is 1. The van der Waals surface area contributed by atoms with Crippen molar-refractivity contribution in [2.24, 2.45) is 5.92 Å². The summed E-state index contributed by atoms with van der Waals surface area (Å²) in [5, 5.41) is 12.2. The summed E-state index contributed by atoms with van der Waals surface area (Å²) in [6.45, 7) is 7.32. The van der Waals surface area contributed by atoms with E-state index in [4.69, 9.17) is 16.3 Å². The Morgan fingerprint density at radius 1 is 1.37 bits per heavy atom. The number of anilines is 1. The van der Waals surface area contributed by atoms with Crippen LogP contribution in [0.15, 0.2) is 12.1 Å². The molecule has 1 aromatic rings. The van der Waals surface area contributed by atoms with Gasteiger partial charge in [0.05, 0.1) is 35.5 Å². The van der Waals surface area contributed by atoms with Crippen molar-refractivity contribution in [2.75, 3.05) is 18.6 Å². The number of likely N-dealkylation sites (tertiary alicyclic amines) is 1. The van der Waals surface area contributed by atoms with E-state index in [0.29, 0.717) is 24.1 Å². The molecule has 0 saturated carbocycles. The van der Waals surface area contributed by atoms with Crippen molar-refractivity contribution < 1.29 is 23.9 Å². The van der Waals surface area contributed by atoms with Crippen LogP contribution in [-0.2, 0) is 14.3 Å². The number of nitriles is 1. The Labute approximate surface area is 208 Å². The molecule has 186 valence electrons. The summed E-state index contributed by atoms with van der Waals surface area (Å²) in [6.07, 6.45) is 1.12. The third kappa shape index (κ3) is 3.52. The van der Waals surface area contributed by atoms with Gasteiger partial charge >= 0.3 is 18.0 Å². The number of piperazine rings is 1. The summed E-state index contributed by atoms with van der Waals surface area (Å²) in [4.78, 5) is 56.8. The lowest BCUT2D eigenvalue weighted by Crippen LogP contribution is -2.63. The first-order chi connectivity index (χ1) is 16.5. The van der Waals surface area contributed by atoms with Crippen LogP contribution in [0.5, 0.6) is 0 Å². The van der Waals surface area contributed by atoms with Crippen LogP contribution in [0.4, 0.5) is 15.3 Å². The molecule has 4 rings (SSSR count). The van der Waals surface area contributed by atoms with E-state index in [-0.39, 0.29) is 29.1 Å². The van der Waals surface area contributed by atoms with Gasteiger partial charge in [-0.05, 0) is 43.9 Å². The van der Waals surface area contributed by atoms with Gasteiger partial charge in [0.25, 0.3) is 5.91 Å². The number of ether oxygens (including phenoxy) is 1. The first-order valence-corrected chi connectivity index (χ1v) is 11.9. The van der Waals surface area contributed by atoms with Gasteiger partial charge in [-0.2, -0.15) is 5.26 Å². The maximum atomic E-state index is 13.5. The van der Waals surface area contributed by atoms with Crippen LogP contribution < -0.4 is 10.2 Å².